The monoisotopic (exact) mass is 436 g/mol. The summed E-state index contributed by atoms with van der Waals surface area (Å²) in [6, 6.07) is 17.7. The van der Waals surface area contributed by atoms with Gasteiger partial charge in [-0.2, -0.15) is 0 Å². The first-order valence-electron chi connectivity index (χ1n) is 11.4. The van der Waals surface area contributed by atoms with Crippen LogP contribution in [0.2, 0.25) is 0 Å². The summed E-state index contributed by atoms with van der Waals surface area (Å²) in [5, 5.41) is 0. The number of amides is 1. The van der Waals surface area contributed by atoms with Crippen molar-refractivity contribution >= 4 is 11.9 Å². The fourth-order valence-corrected chi connectivity index (χ4v) is 5.18. The van der Waals surface area contributed by atoms with Crippen LogP contribution < -0.4 is 0 Å². The molecule has 2 aliphatic rings. The van der Waals surface area contributed by atoms with Gasteiger partial charge in [-0.25, -0.2) is 4.79 Å². The number of carbonyl (C=O) groups is 2. The molecule has 0 unspecified atom stereocenters. The highest BCUT2D eigenvalue weighted by molar-refractivity contribution is 5.89. The van der Waals surface area contributed by atoms with E-state index in [4.69, 9.17) is 9.47 Å². The summed E-state index contributed by atoms with van der Waals surface area (Å²) in [6.07, 6.45) is 2.61. The van der Waals surface area contributed by atoms with E-state index in [2.05, 4.69) is 9.80 Å². The van der Waals surface area contributed by atoms with Crippen molar-refractivity contribution in [2.75, 3.05) is 33.9 Å². The Kier molecular flexibility index (Phi) is 7.22. The van der Waals surface area contributed by atoms with E-state index in [0.717, 1.165) is 51.0 Å². The Bertz CT molecular complexity index is 915. The van der Waals surface area contributed by atoms with E-state index < -0.39 is 6.10 Å². The van der Waals surface area contributed by atoms with Crippen molar-refractivity contribution in [1.29, 1.82) is 0 Å². The molecule has 2 aliphatic heterocycles. The second-order valence-corrected chi connectivity index (χ2v) is 8.74. The summed E-state index contributed by atoms with van der Waals surface area (Å²) >= 11 is 0. The molecular weight excluding hydrogens is 404 g/mol. The average Bonchev–Trinajstić information content (AvgIpc) is 2.84. The van der Waals surface area contributed by atoms with Gasteiger partial charge in [-0.15, -0.1) is 0 Å². The zero-order valence-corrected chi connectivity index (χ0v) is 18.9. The first-order valence-corrected chi connectivity index (χ1v) is 11.4. The van der Waals surface area contributed by atoms with Crippen molar-refractivity contribution in [2.24, 2.45) is 5.92 Å². The third kappa shape index (κ3) is 4.87. The van der Waals surface area contributed by atoms with Gasteiger partial charge in [0.15, 0.2) is 6.10 Å². The van der Waals surface area contributed by atoms with Gasteiger partial charge in [0.05, 0.1) is 12.7 Å². The minimum Gasteiger partial charge on any atom is -0.465 e. The standard InChI is InChI=1S/C26H32N2O4/c1-31-24(20-7-4-3-5-8-20)25(29)28-15-6-9-22-18-27(16-14-23(22)28)17-19-10-12-21(13-11-19)26(30)32-2/h3-5,7-8,10-13,22-24H,6,9,14-18H2,1-2H3/t22-,23+,24+/m1/s1. The number of carbonyl (C=O) groups excluding carboxylic acids is 2. The molecule has 6 nitrogen and oxygen atoms in total. The third-order valence-corrected chi connectivity index (χ3v) is 6.78. The SMILES string of the molecule is COC(=O)c1ccc(CN2CC[C@H]3[C@H](CCCN3C(=O)[C@@H](OC)c3ccccc3)C2)cc1. The number of esters is 1. The number of hydrogen-bond donors (Lipinski definition) is 0. The number of methoxy groups -OCH3 is 2. The topological polar surface area (TPSA) is 59.1 Å². The Morgan fingerprint density at radius 1 is 1.00 bits per heavy atom. The van der Waals surface area contributed by atoms with Gasteiger partial charge in [-0.3, -0.25) is 9.69 Å². The fraction of sp³-hybridized carbons (Fsp3) is 0.462. The van der Waals surface area contributed by atoms with Gasteiger partial charge in [0.2, 0.25) is 0 Å². The van der Waals surface area contributed by atoms with Crippen molar-refractivity contribution in [3.8, 4) is 0 Å². The molecule has 2 heterocycles. The van der Waals surface area contributed by atoms with E-state index in [1.807, 2.05) is 54.6 Å². The van der Waals surface area contributed by atoms with Gasteiger partial charge in [-0.05, 0) is 48.4 Å². The largest absolute Gasteiger partial charge is 0.465 e. The van der Waals surface area contributed by atoms with Crippen LogP contribution in [0, 0.1) is 5.92 Å². The lowest BCUT2D eigenvalue weighted by atomic mass is 9.83. The molecule has 2 saturated heterocycles. The van der Waals surface area contributed by atoms with Crippen LogP contribution in [-0.4, -0.2) is 61.6 Å². The number of fused-ring (bicyclic) bond motifs is 1. The quantitative estimate of drug-likeness (QED) is 0.647. The number of ether oxygens (including phenoxy) is 2. The summed E-state index contributed by atoms with van der Waals surface area (Å²) in [5.41, 5.74) is 2.67. The van der Waals surface area contributed by atoms with Crippen molar-refractivity contribution in [3.63, 3.8) is 0 Å². The average molecular weight is 437 g/mol. The summed E-state index contributed by atoms with van der Waals surface area (Å²) in [5.74, 6) is 0.249. The minimum absolute atomic E-state index is 0.0836. The first kappa shape index (κ1) is 22.5. The van der Waals surface area contributed by atoms with Crippen molar-refractivity contribution in [3.05, 3.63) is 71.3 Å². The minimum atomic E-state index is -0.540. The van der Waals surface area contributed by atoms with Crippen LogP contribution in [0.4, 0.5) is 0 Å². The molecule has 0 N–H and O–H groups in total. The number of hydrogen-bond acceptors (Lipinski definition) is 5. The van der Waals surface area contributed by atoms with E-state index in [9.17, 15) is 9.59 Å². The molecule has 4 rings (SSSR count). The van der Waals surface area contributed by atoms with Gasteiger partial charge >= 0.3 is 5.97 Å². The van der Waals surface area contributed by atoms with Gasteiger partial charge < -0.3 is 14.4 Å². The Labute approximate surface area is 190 Å². The molecule has 3 atom stereocenters. The fourth-order valence-electron chi connectivity index (χ4n) is 5.18. The summed E-state index contributed by atoms with van der Waals surface area (Å²) in [6.45, 7) is 3.59. The number of nitrogens with zero attached hydrogens (tertiary/aromatic N) is 2. The molecule has 2 aromatic rings. The second-order valence-electron chi connectivity index (χ2n) is 8.74. The highest BCUT2D eigenvalue weighted by Crippen LogP contribution is 2.33. The molecule has 32 heavy (non-hydrogen) atoms. The highest BCUT2D eigenvalue weighted by atomic mass is 16.5. The van der Waals surface area contributed by atoms with Gasteiger partial charge in [0.25, 0.3) is 5.91 Å². The van der Waals surface area contributed by atoms with Crippen molar-refractivity contribution < 1.29 is 19.1 Å². The molecule has 0 aromatic heterocycles. The van der Waals surface area contributed by atoms with E-state index in [1.165, 1.54) is 12.7 Å². The lowest BCUT2D eigenvalue weighted by Gasteiger charge is -2.48. The van der Waals surface area contributed by atoms with Gasteiger partial charge in [-0.1, -0.05) is 42.5 Å². The van der Waals surface area contributed by atoms with E-state index in [1.54, 1.807) is 7.11 Å². The molecule has 6 heteroatoms. The Balaban J connectivity index is 1.39. The van der Waals surface area contributed by atoms with E-state index in [0.29, 0.717) is 11.5 Å². The van der Waals surface area contributed by atoms with Crippen LogP contribution in [0.25, 0.3) is 0 Å². The molecule has 2 aromatic carbocycles. The summed E-state index contributed by atoms with van der Waals surface area (Å²) < 4.78 is 10.4. The second kappa shape index (κ2) is 10.3. The van der Waals surface area contributed by atoms with Crippen molar-refractivity contribution in [2.45, 2.75) is 38.0 Å². The van der Waals surface area contributed by atoms with Crippen LogP contribution in [-0.2, 0) is 20.8 Å². The summed E-state index contributed by atoms with van der Waals surface area (Å²) in [4.78, 5) is 29.6. The molecule has 2 fully saturated rings. The molecule has 0 radical (unpaired) electrons. The lowest BCUT2D eigenvalue weighted by molar-refractivity contribution is -0.149. The smallest absolute Gasteiger partial charge is 0.337 e. The summed E-state index contributed by atoms with van der Waals surface area (Å²) in [7, 11) is 3.01. The third-order valence-electron chi connectivity index (χ3n) is 6.78. The van der Waals surface area contributed by atoms with Crippen LogP contribution >= 0.6 is 0 Å². The van der Waals surface area contributed by atoms with Gasteiger partial charge in [0.1, 0.15) is 0 Å². The maximum Gasteiger partial charge on any atom is 0.337 e. The maximum absolute atomic E-state index is 13.4. The predicted octanol–water partition coefficient (Wildman–Crippen LogP) is 3.67. The predicted molar refractivity (Wildman–Crippen MR) is 122 cm³/mol. The first-order chi connectivity index (χ1) is 15.6. The molecule has 1 amide bonds. The Morgan fingerprint density at radius 2 is 1.75 bits per heavy atom. The molecular formula is C26H32N2O4. The molecule has 170 valence electrons. The highest BCUT2D eigenvalue weighted by Gasteiger charge is 2.40. The maximum atomic E-state index is 13.4. The molecule has 0 spiro atoms. The zero-order valence-electron chi connectivity index (χ0n) is 18.9. The van der Waals surface area contributed by atoms with Gasteiger partial charge in [0, 0.05) is 39.3 Å². The lowest BCUT2D eigenvalue weighted by Crippen LogP contribution is -2.56. The van der Waals surface area contributed by atoms with E-state index >= 15 is 0 Å². The van der Waals surface area contributed by atoms with Crippen LogP contribution in [0.3, 0.4) is 0 Å². The number of benzene rings is 2. The molecule has 0 aliphatic carbocycles. The van der Waals surface area contributed by atoms with Crippen molar-refractivity contribution in [1.82, 2.24) is 9.80 Å². The molecule has 0 bridgehead atoms. The van der Waals surface area contributed by atoms with Crippen LogP contribution in [0.15, 0.2) is 54.6 Å². The Hall–Kier alpha value is -2.70. The van der Waals surface area contributed by atoms with E-state index in [-0.39, 0.29) is 17.9 Å². The number of rotatable bonds is 6. The molecule has 0 saturated carbocycles. The zero-order chi connectivity index (χ0) is 22.5. The number of piperidine rings is 2. The van der Waals surface area contributed by atoms with Crippen LogP contribution in [0.1, 0.15) is 46.9 Å². The number of likely N-dealkylation sites (tertiary alicyclic amines) is 2. The normalized spacial score (nSPS) is 22.1. The Morgan fingerprint density at radius 3 is 2.44 bits per heavy atom. The van der Waals surface area contributed by atoms with Crippen LogP contribution in [0.5, 0.6) is 0 Å².